The second kappa shape index (κ2) is 6.95. The van der Waals surface area contributed by atoms with Gasteiger partial charge in [0.05, 0.1) is 5.75 Å². The van der Waals surface area contributed by atoms with Crippen LogP contribution in [-0.2, 0) is 5.75 Å². The minimum atomic E-state index is 0.368. The predicted octanol–water partition coefficient (Wildman–Crippen LogP) is 3.23. The van der Waals surface area contributed by atoms with Crippen LogP contribution in [0.25, 0.3) is 0 Å². The third-order valence-electron chi connectivity index (χ3n) is 2.97. The van der Waals surface area contributed by atoms with Crippen LogP contribution in [0.5, 0.6) is 0 Å². The summed E-state index contributed by atoms with van der Waals surface area (Å²) in [5.41, 5.74) is 4.83. The molecule has 0 aliphatic heterocycles. The Morgan fingerprint density at radius 2 is 1.94 bits per heavy atom. The maximum atomic E-state index is 5.56. The number of thioether (sulfide) groups is 1. The molecule has 0 aliphatic rings. The van der Waals surface area contributed by atoms with Crippen LogP contribution in [0.1, 0.15) is 57.1 Å². The van der Waals surface area contributed by atoms with Gasteiger partial charge in [-0.2, -0.15) is 11.8 Å². The van der Waals surface area contributed by atoms with Crippen molar-refractivity contribution < 1.29 is 0 Å². The number of aromatic nitrogens is 2. The lowest BCUT2D eigenvalue weighted by atomic mass is 10.0. The molecule has 0 fully saturated rings. The summed E-state index contributed by atoms with van der Waals surface area (Å²) in [6, 6.07) is 0. The molecule has 0 radical (unpaired) electrons. The highest BCUT2D eigenvalue weighted by atomic mass is 32.2. The number of rotatable bonds is 6. The molecule has 1 aromatic heterocycles. The maximum Gasteiger partial charge on any atom is 0.147 e. The lowest BCUT2D eigenvalue weighted by molar-refractivity contribution is 0.817. The summed E-state index contributed by atoms with van der Waals surface area (Å²) in [4.78, 5) is 9.09. The van der Waals surface area contributed by atoms with Crippen LogP contribution in [0.4, 0.5) is 5.82 Å². The predicted molar refractivity (Wildman–Crippen MR) is 79.7 cm³/mol. The van der Waals surface area contributed by atoms with Crippen molar-refractivity contribution in [2.45, 2.75) is 58.0 Å². The summed E-state index contributed by atoms with van der Waals surface area (Å²) in [5.74, 6) is 8.38. The third-order valence-corrected chi connectivity index (χ3v) is 4.30. The maximum absolute atomic E-state index is 5.56. The standard InChI is InChI=1S/C13H24N4S/c1-6-9(4)18-7-11-15-10(5)12(8(2)3)13(16-11)17-14/h8-9H,6-7,14H2,1-5H3,(H,15,16,17). The van der Waals surface area contributed by atoms with E-state index in [2.05, 4.69) is 43.1 Å². The van der Waals surface area contributed by atoms with Crippen molar-refractivity contribution >= 4 is 17.6 Å². The Balaban J connectivity index is 2.93. The fourth-order valence-electron chi connectivity index (χ4n) is 1.84. The molecule has 5 heteroatoms. The quantitative estimate of drug-likeness (QED) is 0.612. The Kier molecular flexibility index (Phi) is 5.88. The first-order valence-electron chi connectivity index (χ1n) is 6.45. The zero-order chi connectivity index (χ0) is 13.7. The fourth-order valence-corrected chi connectivity index (χ4v) is 2.64. The molecule has 0 aliphatic carbocycles. The van der Waals surface area contributed by atoms with E-state index in [-0.39, 0.29) is 0 Å². The first kappa shape index (κ1) is 15.2. The van der Waals surface area contributed by atoms with Crippen LogP contribution in [-0.4, -0.2) is 15.2 Å². The topological polar surface area (TPSA) is 63.8 Å². The van der Waals surface area contributed by atoms with Crippen molar-refractivity contribution in [3.8, 4) is 0 Å². The molecule has 0 amide bonds. The smallest absolute Gasteiger partial charge is 0.147 e. The molecule has 0 saturated carbocycles. The van der Waals surface area contributed by atoms with Gasteiger partial charge in [-0.15, -0.1) is 0 Å². The number of nitrogens with one attached hydrogen (secondary N) is 1. The highest BCUT2D eigenvalue weighted by molar-refractivity contribution is 7.99. The van der Waals surface area contributed by atoms with Gasteiger partial charge in [-0.05, 0) is 19.3 Å². The summed E-state index contributed by atoms with van der Waals surface area (Å²) >= 11 is 1.88. The Bertz CT molecular complexity index is 393. The van der Waals surface area contributed by atoms with Crippen LogP contribution in [0.3, 0.4) is 0 Å². The van der Waals surface area contributed by atoms with E-state index in [1.807, 2.05) is 18.7 Å². The minimum Gasteiger partial charge on any atom is -0.308 e. The van der Waals surface area contributed by atoms with Crippen LogP contribution in [0.2, 0.25) is 0 Å². The average molecular weight is 268 g/mol. The zero-order valence-electron chi connectivity index (χ0n) is 11.9. The SMILES string of the molecule is CCC(C)SCc1nc(C)c(C(C)C)c(NN)n1. The monoisotopic (exact) mass is 268 g/mol. The average Bonchev–Trinajstić information content (AvgIpc) is 2.34. The molecule has 0 aromatic carbocycles. The molecule has 0 spiro atoms. The largest absolute Gasteiger partial charge is 0.308 e. The van der Waals surface area contributed by atoms with Crippen molar-refractivity contribution in [2.24, 2.45) is 5.84 Å². The van der Waals surface area contributed by atoms with E-state index in [9.17, 15) is 0 Å². The van der Waals surface area contributed by atoms with Crippen molar-refractivity contribution in [1.29, 1.82) is 0 Å². The van der Waals surface area contributed by atoms with Gasteiger partial charge in [0.2, 0.25) is 0 Å². The van der Waals surface area contributed by atoms with Crippen LogP contribution >= 0.6 is 11.8 Å². The number of hydrogen-bond donors (Lipinski definition) is 2. The first-order chi connectivity index (χ1) is 8.49. The molecular weight excluding hydrogens is 244 g/mol. The summed E-state index contributed by atoms with van der Waals surface area (Å²) in [7, 11) is 0. The van der Waals surface area contributed by atoms with Crippen molar-refractivity contribution in [2.75, 3.05) is 5.43 Å². The molecule has 0 saturated heterocycles. The zero-order valence-corrected chi connectivity index (χ0v) is 12.8. The lowest BCUT2D eigenvalue weighted by Gasteiger charge is -2.15. The molecule has 1 rings (SSSR count). The molecule has 18 heavy (non-hydrogen) atoms. The van der Waals surface area contributed by atoms with Gasteiger partial charge in [0.25, 0.3) is 0 Å². The number of hydrazine groups is 1. The van der Waals surface area contributed by atoms with Gasteiger partial charge in [-0.3, -0.25) is 0 Å². The van der Waals surface area contributed by atoms with Gasteiger partial charge in [0, 0.05) is 16.5 Å². The lowest BCUT2D eigenvalue weighted by Crippen LogP contribution is -2.15. The molecule has 1 unspecified atom stereocenters. The van der Waals surface area contributed by atoms with Gasteiger partial charge in [0.15, 0.2) is 0 Å². The van der Waals surface area contributed by atoms with E-state index in [1.165, 1.54) is 0 Å². The van der Waals surface area contributed by atoms with Crippen molar-refractivity contribution in [3.05, 3.63) is 17.1 Å². The van der Waals surface area contributed by atoms with E-state index in [0.717, 1.165) is 35.1 Å². The number of aryl methyl sites for hydroxylation is 1. The Labute approximate surface area is 114 Å². The fraction of sp³-hybridized carbons (Fsp3) is 0.692. The van der Waals surface area contributed by atoms with Gasteiger partial charge >= 0.3 is 0 Å². The van der Waals surface area contributed by atoms with Crippen LogP contribution in [0.15, 0.2) is 0 Å². The summed E-state index contributed by atoms with van der Waals surface area (Å²) in [6.07, 6.45) is 1.16. The van der Waals surface area contributed by atoms with Crippen molar-refractivity contribution in [1.82, 2.24) is 9.97 Å². The number of hydrogen-bond acceptors (Lipinski definition) is 5. The first-order valence-corrected chi connectivity index (χ1v) is 7.50. The summed E-state index contributed by atoms with van der Waals surface area (Å²) < 4.78 is 0. The molecule has 1 heterocycles. The number of anilines is 1. The van der Waals surface area contributed by atoms with Crippen molar-refractivity contribution in [3.63, 3.8) is 0 Å². The Hall–Kier alpha value is -0.810. The number of nitrogens with two attached hydrogens (primary N) is 1. The second-order valence-corrected chi connectivity index (χ2v) is 6.24. The molecule has 1 atom stereocenters. The van der Waals surface area contributed by atoms with Crippen LogP contribution in [0, 0.1) is 6.92 Å². The highest BCUT2D eigenvalue weighted by Crippen LogP contribution is 2.26. The van der Waals surface area contributed by atoms with Crippen LogP contribution < -0.4 is 11.3 Å². The van der Waals surface area contributed by atoms with E-state index < -0.39 is 0 Å². The second-order valence-electron chi connectivity index (χ2n) is 4.82. The summed E-state index contributed by atoms with van der Waals surface area (Å²) in [5, 5.41) is 0.632. The van der Waals surface area contributed by atoms with Gasteiger partial charge in [-0.25, -0.2) is 15.8 Å². The van der Waals surface area contributed by atoms with E-state index in [1.54, 1.807) is 0 Å². The molecule has 3 N–H and O–H groups in total. The molecular formula is C13H24N4S. The molecule has 0 bridgehead atoms. The van der Waals surface area contributed by atoms with Gasteiger partial charge in [-0.1, -0.05) is 27.7 Å². The number of nitrogens with zero attached hydrogens (tertiary/aromatic N) is 2. The Morgan fingerprint density at radius 1 is 1.28 bits per heavy atom. The normalized spacial score (nSPS) is 12.8. The number of nitrogen functional groups attached to an aromatic ring is 1. The molecule has 102 valence electrons. The summed E-state index contributed by atoms with van der Waals surface area (Å²) in [6.45, 7) is 10.7. The minimum absolute atomic E-state index is 0.368. The van der Waals surface area contributed by atoms with E-state index in [4.69, 9.17) is 5.84 Å². The van der Waals surface area contributed by atoms with Gasteiger partial charge < -0.3 is 5.43 Å². The highest BCUT2D eigenvalue weighted by Gasteiger charge is 2.14. The molecule has 1 aromatic rings. The van der Waals surface area contributed by atoms with E-state index >= 15 is 0 Å². The van der Waals surface area contributed by atoms with Gasteiger partial charge in [0.1, 0.15) is 11.6 Å². The molecule has 4 nitrogen and oxygen atoms in total. The van der Waals surface area contributed by atoms with E-state index in [0.29, 0.717) is 11.2 Å². The Morgan fingerprint density at radius 3 is 2.44 bits per heavy atom. The third kappa shape index (κ3) is 3.85.